The molecule has 5 heteroatoms. The summed E-state index contributed by atoms with van der Waals surface area (Å²) in [6, 6.07) is 18.8. The number of hydrogen-bond acceptors (Lipinski definition) is 4. The molecular weight excluding hydrogens is 306 g/mol. The van der Waals surface area contributed by atoms with Gasteiger partial charge in [-0.1, -0.05) is 36.4 Å². The fraction of sp³-hybridized carbons (Fsp3) is 0.0556. The molecule has 0 aliphatic carbocycles. The standard InChI is InChI=1S/C18H13N3OS/c19-11-13-5-4-8-15(9-13)20-17(22)10-16-12-23-18(21-16)14-6-2-1-3-7-14/h1-9,12H,10H2,(H,20,22). The number of carbonyl (C=O) groups excluding carboxylic acids is 1. The van der Waals surface area contributed by atoms with Crippen molar-refractivity contribution in [2.45, 2.75) is 6.42 Å². The number of aromatic nitrogens is 1. The number of nitrogens with zero attached hydrogens (tertiary/aromatic N) is 2. The molecule has 0 spiro atoms. The number of carbonyl (C=O) groups is 1. The van der Waals surface area contributed by atoms with Gasteiger partial charge in [0.2, 0.25) is 5.91 Å². The van der Waals surface area contributed by atoms with Crippen molar-refractivity contribution < 1.29 is 4.79 Å². The molecule has 3 aromatic rings. The van der Waals surface area contributed by atoms with Crippen LogP contribution in [0.1, 0.15) is 11.3 Å². The number of anilines is 1. The van der Waals surface area contributed by atoms with Crippen LogP contribution in [0, 0.1) is 11.3 Å². The monoisotopic (exact) mass is 319 g/mol. The molecule has 2 aromatic carbocycles. The topological polar surface area (TPSA) is 65.8 Å². The predicted octanol–water partition coefficient (Wildman–Crippen LogP) is 3.86. The number of rotatable bonds is 4. The Morgan fingerprint density at radius 1 is 1.17 bits per heavy atom. The Labute approximate surface area is 138 Å². The minimum absolute atomic E-state index is 0.148. The van der Waals surface area contributed by atoms with Crippen LogP contribution in [-0.2, 0) is 11.2 Å². The van der Waals surface area contributed by atoms with E-state index in [1.165, 1.54) is 11.3 Å². The van der Waals surface area contributed by atoms with Gasteiger partial charge in [-0.3, -0.25) is 4.79 Å². The lowest BCUT2D eigenvalue weighted by Gasteiger charge is -2.04. The molecule has 0 atom stereocenters. The normalized spacial score (nSPS) is 10.0. The average molecular weight is 319 g/mol. The maximum Gasteiger partial charge on any atom is 0.230 e. The van der Waals surface area contributed by atoms with Gasteiger partial charge in [-0.25, -0.2) is 4.98 Å². The van der Waals surface area contributed by atoms with Crippen LogP contribution in [0.2, 0.25) is 0 Å². The Balaban J connectivity index is 1.67. The van der Waals surface area contributed by atoms with Crippen LogP contribution >= 0.6 is 11.3 Å². The molecule has 0 aliphatic rings. The second-order valence-electron chi connectivity index (χ2n) is 4.93. The molecule has 3 rings (SSSR count). The Morgan fingerprint density at radius 3 is 2.78 bits per heavy atom. The van der Waals surface area contributed by atoms with Gasteiger partial charge in [0.15, 0.2) is 0 Å². The molecular formula is C18H13N3OS. The van der Waals surface area contributed by atoms with E-state index in [1.54, 1.807) is 24.3 Å². The van der Waals surface area contributed by atoms with Gasteiger partial charge in [0.05, 0.1) is 23.7 Å². The molecule has 0 fully saturated rings. The smallest absolute Gasteiger partial charge is 0.230 e. The minimum Gasteiger partial charge on any atom is -0.326 e. The second-order valence-corrected chi connectivity index (χ2v) is 5.79. The van der Waals surface area contributed by atoms with Gasteiger partial charge in [-0.05, 0) is 18.2 Å². The zero-order valence-electron chi connectivity index (χ0n) is 12.2. The molecule has 112 valence electrons. The summed E-state index contributed by atoms with van der Waals surface area (Å²) in [5.74, 6) is -0.148. The molecule has 0 aliphatic heterocycles. The number of hydrogen-bond donors (Lipinski definition) is 1. The van der Waals surface area contributed by atoms with Crippen LogP contribution < -0.4 is 5.32 Å². The number of amides is 1. The van der Waals surface area contributed by atoms with E-state index in [4.69, 9.17) is 5.26 Å². The highest BCUT2D eigenvalue weighted by atomic mass is 32.1. The first-order valence-electron chi connectivity index (χ1n) is 7.04. The molecule has 0 unspecified atom stereocenters. The maximum atomic E-state index is 12.1. The average Bonchev–Trinajstić information content (AvgIpc) is 3.04. The van der Waals surface area contributed by atoms with Gasteiger partial charge in [-0.15, -0.1) is 11.3 Å². The number of nitriles is 1. The Morgan fingerprint density at radius 2 is 2.00 bits per heavy atom. The van der Waals surface area contributed by atoms with Crippen LogP contribution in [0.4, 0.5) is 5.69 Å². The minimum atomic E-state index is -0.148. The Hall–Kier alpha value is -2.97. The van der Waals surface area contributed by atoms with Crippen molar-refractivity contribution in [2.75, 3.05) is 5.32 Å². The zero-order valence-corrected chi connectivity index (χ0v) is 13.0. The molecule has 4 nitrogen and oxygen atoms in total. The highest BCUT2D eigenvalue weighted by Gasteiger charge is 2.09. The molecule has 0 radical (unpaired) electrons. The second kappa shape index (κ2) is 6.86. The molecule has 23 heavy (non-hydrogen) atoms. The van der Waals surface area contributed by atoms with Crippen molar-refractivity contribution in [2.24, 2.45) is 0 Å². The van der Waals surface area contributed by atoms with Crippen molar-refractivity contribution in [1.82, 2.24) is 4.98 Å². The zero-order chi connectivity index (χ0) is 16.1. The summed E-state index contributed by atoms with van der Waals surface area (Å²) in [7, 11) is 0. The van der Waals surface area contributed by atoms with Crippen LogP contribution in [0.5, 0.6) is 0 Å². The van der Waals surface area contributed by atoms with Crippen LogP contribution in [0.3, 0.4) is 0 Å². The van der Waals surface area contributed by atoms with Gasteiger partial charge in [0.25, 0.3) is 0 Å². The van der Waals surface area contributed by atoms with E-state index in [0.29, 0.717) is 11.3 Å². The van der Waals surface area contributed by atoms with E-state index in [9.17, 15) is 4.79 Å². The van der Waals surface area contributed by atoms with Gasteiger partial charge >= 0.3 is 0 Å². The van der Waals surface area contributed by atoms with E-state index >= 15 is 0 Å². The van der Waals surface area contributed by atoms with Crippen LogP contribution in [0.15, 0.2) is 60.0 Å². The summed E-state index contributed by atoms with van der Waals surface area (Å²) >= 11 is 1.52. The maximum absolute atomic E-state index is 12.1. The lowest BCUT2D eigenvalue weighted by atomic mass is 10.2. The number of thiazole rings is 1. The van der Waals surface area contributed by atoms with Crippen molar-refractivity contribution >= 4 is 22.9 Å². The highest BCUT2D eigenvalue weighted by molar-refractivity contribution is 7.13. The molecule has 0 saturated heterocycles. The van der Waals surface area contributed by atoms with E-state index in [1.807, 2.05) is 41.8 Å². The Bertz CT molecular complexity index is 865. The lowest BCUT2D eigenvalue weighted by Crippen LogP contribution is -2.14. The summed E-state index contributed by atoms with van der Waals surface area (Å²) in [6.45, 7) is 0. The summed E-state index contributed by atoms with van der Waals surface area (Å²) in [5, 5.41) is 14.5. The van der Waals surface area contributed by atoms with E-state index in [0.717, 1.165) is 16.3 Å². The molecule has 1 N–H and O–H groups in total. The number of benzene rings is 2. The first-order valence-corrected chi connectivity index (χ1v) is 7.92. The fourth-order valence-electron chi connectivity index (χ4n) is 2.14. The first kappa shape index (κ1) is 14.9. The SMILES string of the molecule is N#Cc1cccc(NC(=O)Cc2csc(-c3ccccc3)n2)c1. The fourth-order valence-corrected chi connectivity index (χ4v) is 2.96. The largest absolute Gasteiger partial charge is 0.326 e. The first-order chi connectivity index (χ1) is 11.2. The van der Waals surface area contributed by atoms with E-state index in [2.05, 4.69) is 10.3 Å². The summed E-state index contributed by atoms with van der Waals surface area (Å²) in [5.41, 5.74) is 2.92. The van der Waals surface area contributed by atoms with Crippen molar-refractivity contribution in [1.29, 1.82) is 5.26 Å². The van der Waals surface area contributed by atoms with Crippen LogP contribution in [0.25, 0.3) is 10.6 Å². The molecule has 0 bridgehead atoms. The van der Waals surface area contributed by atoms with Gasteiger partial charge < -0.3 is 5.32 Å². The van der Waals surface area contributed by atoms with Crippen molar-refractivity contribution in [3.63, 3.8) is 0 Å². The third-order valence-electron chi connectivity index (χ3n) is 3.19. The third-order valence-corrected chi connectivity index (χ3v) is 4.13. The quantitative estimate of drug-likeness (QED) is 0.794. The van der Waals surface area contributed by atoms with Crippen molar-refractivity contribution in [3.05, 3.63) is 71.2 Å². The summed E-state index contributed by atoms with van der Waals surface area (Å²) in [4.78, 5) is 16.6. The summed E-state index contributed by atoms with van der Waals surface area (Å²) in [6.07, 6.45) is 0.208. The lowest BCUT2D eigenvalue weighted by molar-refractivity contribution is -0.115. The van der Waals surface area contributed by atoms with E-state index < -0.39 is 0 Å². The molecule has 0 saturated carbocycles. The third kappa shape index (κ3) is 3.82. The number of nitrogens with one attached hydrogen (secondary N) is 1. The van der Waals surface area contributed by atoms with Crippen LogP contribution in [-0.4, -0.2) is 10.9 Å². The van der Waals surface area contributed by atoms with Gasteiger partial charge in [0, 0.05) is 16.6 Å². The van der Waals surface area contributed by atoms with E-state index in [-0.39, 0.29) is 12.3 Å². The molecule has 1 heterocycles. The Kier molecular flexibility index (Phi) is 4.46. The summed E-state index contributed by atoms with van der Waals surface area (Å²) < 4.78 is 0. The molecule has 1 amide bonds. The predicted molar refractivity (Wildman–Crippen MR) is 91.0 cm³/mol. The molecule has 1 aromatic heterocycles. The van der Waals surface area contributed by atoms with Gasteiger partial charge in [-0.2, -0.15) is 5.26 Å². The highest BCUT2D eigenvalue weighted by Crippen LogP contribution is 2.23. The van der Waals surface area contributed by atoms with Gasteiger partial charge in [0.1, 0.15) is 5.01 Å². The van der Waals surface area contributed by atoms with Crippen molar-refractivity contribution in [3.8, 4) is 16.6 Å².